The number of aromatic nitrogens is 1. The summed E-state index contributed by atoms with van der Waals surface area (Å²) in [6, 6.07) is 15.7. The monoisotopic (exact) mass is 547 g/mol. The highest BCUT2D eigenvalue weighted by atomic mass is 127. The third-order valence-electron chi connectivity index (χ3n) is 4.95. The Bertz CT molecular complexity index is 1070. The second-order valence-electron chi connectivity index (χ2n) is 7.12. The van der Waals surface area contributed by atoms with Crippen LogP contribution < -0.4 is 20.1 Å². The molecule has 0 aliphatic carbocycles. The molecule has 0 aliphatic heterocycles. The van der Waals surface area contributed by atoms with Crippen LogP contribution in [0.1, 0.15) is 30.2 Å². The fraction of sp³-hybridized carbons (Fsp3) is 0.333. The van der Waals surface area contributed by atoms with Crippen molar-refractivity contribution >= 4 is 40.8 Å². The summed E-state index contributed by atoms with van der Waals surface area (Å²) >= 11 is 0. The van der Waals surface area contributed by atoms with Crippen LogP contribution in [0.2, 0.25) is 0 Å². The topological polar surface area (TPSA) is 94.5 Å². The third kappa shape index (κ3) is 6.79. The van der Waals surface area contributed by atoms with E-state index < -0.39 is 0 Å². The first kappa shape index (κ1) is 25.3. The molecular formula is C24H30IN5O2. The van der Waals surface area contributed by atoms with Crippen molar-refractivity contribution in [2.45, 2.75) is 26.3 Å². The fourth-order valence-electron chi connectivity index (χ4n) is 3.34. The van der Waals surface area contributed by atoms with Crippen molar-refractivity contribution in [1.82, 2.24) is 15.6 Å². The van der Waals surface area contributed by atoms with Crippen molar-refractivity contribution in [3.63, 3.8) is 0 Å². The van der Waals surface area contributed by atoms with Crippen LogP contribution in [-0.2, 0) is 13.0 Å². The summed E-state index contributed by atoms with van der Waals surface area (Å²) in [5.41, 5.74) is 3.89. The lowest BCUT2D eigenvalue weighted by atomic mass is 10.1. The molecule has 8 heteroatoms. The van der Waals surface area contributed by atoms with Gasteiger partial charge in [-0.2, -0.15) is 5.26 Å². The number of aliphatic imine (C=N–C) groups is 1. The molecule has 0 unspecified atom stereocenters. The van der Waals surface area contributed by atoms with E-state index in [9.17, 15) is 0 Å². The lowest BCUT2D eigenvalue weighted by Crippen LogP contribution is -2.37. The molecule has 0 bridgehead atoms. The van der Waals surface area contributed by atoms with Crippen LogP contribution in [-0.4, -0.2) is 38.3 Å². The Balaban J connectivity index is 0.00000363. The average molecular weight is 547 g/mol. The summed E-state index contributed by atoms with van der Waals surface area (Å²) in [6.45, 7) is 4.20. The highest BCUT2D eigenvalue weighted by molar-refractivity contribution is 14.0. The number of aromatic amines is 1. The van der Waals surface area contributed by atoms with Crippen LogP contribution in [0, 0.1) is 11.3 Å². The predicted molar refractivity (Wildman–Crippen MR) is 139 cm³/mol. The molecule has 1 heterocycles. The van der Waals surface area contributed by atoms with Crippen LogP contribution in [0.3, 0.4) is 0 Å². The summed E-state index contributed by atoms with van der Waals surface area (Å²) in [4.78, 5) is 8.09. The molecule has 7 nitrogen and oxygen atoms in total. The van der Waals surface area contributed by atoms with E-state index in [0.717, 1.165) is 65.6 Å². The van der Waals surface area contributed by atoms with E-state index >= 15 is 0 Å². The van der Waals surface area contributed by atoms with E-state index in [0.29, 0.717) is 12.1 Å². The van der Waals surface area contributed by atoms with Crippen molar-refractivity contribution in [3.05, 3.63) is 59.3 Å². The fourth-order valence-corrected chi connectivity index (χ4v) is 3.34. The summed E-state index contributed by atoms with van der Waals surface area (Å²) < 4.78 is 10.8. The summed E-state index contributed by atoms with van der Waals surface area (Å²) in [5.74, 6) is 2.36. The smallest absolute Gasteiger partial charge is 0.191 e. The molecule has 3 N–H and O–H groups in total. The minimum atomic E-state index is 0. The Kier molecular flexibility index (Phi) is 10.1. The number of nitrogens with zero attached hydrogens (tertiary/aromatic N) is 2. The van der Waals surface area contributed by atoms with Crippen molar-refractivity contribution < 1.29 is 9.47 Å². The Hall–Kier alpha value is -2.93. The van der Waals surface area contributed by atoms with E-state index in [1.165, 1.54) is 0 Å². The molecule has 0 amide bonds. The van der Waals surface area contributed by atoms with Crippen LogP contribution in [0.15, 0.2) is 47.5 Å². The van der Waals surface area contributed by atoms with Gasteiger partial charge in [-0.25, -0.2) is 4.99 Å². The van der Waals surface area contributed by atoms with E-state index in [1.54, 1.807) is 14.2 Å². The molecule has 2 aromatic carbocycles. The number of methoxy groups -OCH3 is 2. The quantitative estimate of drug-likeness (QED) is 0.160. The first-order chi connectivity index (χ1) is 15.2. The molecule has 0 radical (unpaired) electrons. The first-order valence-corrected chi connectivity index (χ1v) is 10.4. The van der Waals surface area contributed by atoms with Crippen molar-refractivity contribution in [3.8, 4) is 17.6 Å². The molecule has 0 atom stereocenters. The van der Waals surface area contributed by atoms with Gasteiger partial charge in [-0.3, -0.25) is 0 Å². The number of halogens is 1. The third-order valence-corrected chi connectivity index (χ3v) is 4.95. The van der Waals surface area contributed by atoms with Gasteiger partial charge in [0.2, 0.25) is 0 Å². The number of guanidine groups is 1. The van der Waals surface area contributed by atoms with Crippen LogP contribution in [0.4, 0.5) is 0 Å². The molecular weight excluding hydrogens is 517 g/mol. The van der Waals surface area contributed by atoms with Gasteiger partial charge in [0.15, 0.2) is 5.96 Å². The Morgan fingerprint density at radius 3 is 2.53 bits per heavy atom. The van der Waals surface area contributed by atoms with Gasteiger partial charge < -0.3 is 25.1 Å². The number of nitrogens with one attached hydrogen (secondary N) is 3. The number of hydrogen-bond acceptors (Lipinski definition) is 4. The number of H-pyrrole nitrogens is 1. The van der Waals surface area contributed by atoms with E-state index in [1.807, 2.05) is 43.3 Å². The van der Waals surface area contributed by atoms with Gasteiger partial charge in [-0.1, -0.05) is 12.1 Å². The standard InChI is InChI=1S/C24H29N5O2.HI/c1-4-26-24(28-16-18-9-7-17(15-25)8-10-18)27-11-5-6-19-12-21-22(29-19)13-20(30-2)14-23(21)31-3;/h7-10,12-14,29H,4-6,11,16H2,1-3H3,(H2,26,27,28);1H. The highest BCUT2D eigenvalue weighted by Gasteiger charge is 2.09. The number of ether oxygens (including phenoxy) is 2. The van der Waals surface area contributed by atoms with Gasteiger partial charge in [-0.15, -0.1) is 24.0 Å². The molecule has 0 aliphatic rings. The predicted octanol–water partition coefficient (Wildman–Crippen LogP) is 4.36. The Morgan fingerprint density at radius 2 is 1.88 bits per heavy atom. The van der Waals surface area contributed by atoms with Crippen LogP contribution in [0.25, 0.3) is 10.9 Å². The number of aryl methyl sites for hydroxylation is 1. The highest BCUT2D eigenvalue weighted by Crippen LogP contribution is 2.31. The van der Waals surface area contributed by atoms with E-state index in [2.05, 4.69) is 32.7 Å². The van der Waals surface area contributed by atoms with Crippen molar-refractivity contribution in [1.29, 1.82) is 5.26 Å². The Labute approximate surface area is 206 Å². The zero-order valence-electron chi connectivity index (χ0n) is 18.7. The van der Waals surface area contributed by atoms with Gasteiger partial charge in [0.05, 0.1) is 37.9 Å². The molecule has 0 fully saturated rings. The second-order valence-corrected chi connectivity index (χ2v) is 7.12. The zero-order valence-corrected chi connectivity index (χ0v) is 21.0. The Morgan fingerprint density at radius 1 is 1.09 bits per heavy atom. The molecule has 32 heavy (non-hydrogen) atoms. The molecule has 1 aromatic heterocycles. The maximum atomic E-state index is 8.90. The van der Waals surface area contributed by atoms with Crippen molar-refractivity contribution in [2.75, 3.05) is 27.3 Å². The van der Waals surface area contributed by atoms with Crippen LogP contribution >= 0.6 is 24.0 Å². The van der Waals surface area contributed by atoms with E-state index in [-0.39, 0.29) is 24.0 Å². The maximum absolute atomic E-state index is 8.90. The second kappa shape index (κ2) is 12.8. The summed E-state index contributed by atoms with van der Waals surface area (Å²) in [7, 11) is 3.32. The minimum absolute atomic E-state index is 0. The summed E-state index contributed by atoms with van der Waals surface area (Å²) in [5, 5.41) is 16.6. The van der Waals surface area contributed by atoms with Crippen LogP contribution in [0.5, 0.6) is 11.5 Å². The van der Waals surface area contributed by atoms with Gasteiger partial charge in [0.1, 0.15) is 11.5 Å². The number of fused-ring (bicyclic) bond motifs is 1. The maximum Gasteiger partial charge on any atom is 0.191 e. The van der Waals surface area contributed by atoms with Gasteiger partial charge >= 0.3 is 0 Å². The average Bonchev–Trinajstić information content (AvgIpc) is 3.22. The first-order valence-electron chi connectivity index (χ1n) is 10.4. The van der Waals surface area contributed by atoms with E-state index in [4.69, 9.17) is 14.7 Å². The number of benzene rings is 2. The number of rotatable bonds is 9. The number of hydrogen-bond donors (Lipinski definition) is 3. The van der Waals surface area contributed by atoms with Gasteiger partial charge in [-0.05, 0) is 43.5 Å². The van der Waals surface area contributed by atoms with Gasteiger partial charge in [0, 0.05) is 36.3 Å². The molecule has 170 valence electrons. The molecule has 0 saturated heterocycles. The molecule has 3 aromatic rings. The molecule has 3 rings (SSSR count). The summed E-state index contributed by atoms with van der Waals surface area (Å²) in [6.07, 6.45) is 1.86. The lowest BCUT2D eigenvalue weighted by molar-refractivity contribution is 0.398. The zero-order chi connectivity index (χ0) is 22.1. The largest absolute Gasteiger partial charge is 0.497 e. The molecule has 0 saturated carbocycles. The lowest BCUT2D eigenvalue weighted by Gasteiger charge is -2.11. The SMILES string of the molecule is CCNC(=NCc1ccc(C#N)cc1)NCCCc1cc2c(OC)cc(OC)cc2[nH]1.I. The van der Waals surface area contributed by atoms with Crippen molar-refractivity contribution in [2.24, 2.45) is 4.99 Å². The number of nitriles is 1. The normalized spacial score (nSPS) is 10.9. The van der Waals surface area contributed by atoms with Gasteiger partial charge in [0.25, 0.3) is 0 Å². The minimum Gasteiger partial charge on any atom is -0.497 e. The molecule has 0 spiro atoms.